The molecule has 1 aliphatic rings. The third kappa shape index (κ3) is 2.16. The molecule has 1 aromatic rings. The molecule has 1 fully saturated rings. The van der Waals surface area contributed by atoms with E-state index in [2.05, 4.69) is 15.4 Å². The van der Waals surface area contributed by atoms with Crippen molar-refractivity contribution in [3.8, 4) is 0 Å². The lowest BCUT2D eigenvalue weighted by molar-refractivity contribution is -0.118. The summed E-state index contributed by atoms with van der Waals surface area (Å²) in [4.78, 5) is 25.7. The molecule has 0 radical (unpaired) electrons. The maximum atomic E-state index is 11.1. The van der Waals surface area contributed by atoms with Crippen molar-refractivity contribution in [1.82, 2.24) is 15.3 Å². The number of nitrogens with one attached hydrogen (secondary N) is 1. The lowest BCUT2D eigenvalue weighted by Crippen LogP contribution is -2.24. The minimum atomic E-state index is -0.495. The monoisotopic (exact) mass is 204 g/mol. The van der Waals surface area contributed by atoms with E-state index in [9.17, 15) is 9.59 Å². The van der Waals surface area contributed by atoms with Crippen LogP contribution in [0.5, 0.6) is 0 Å². The van der Waals surface area contributed by atoms with E-state index in [0.29, 0.717) is 0 Å². The van der Waals surface area contributed by atoms with Crippen molar-refractivity contribution < 1.29 is 9.59 Å². The first-order valence-electron chi connectivity index (χ1n) is 4.31. The Kier molecular flexibility index (Phi) is 2.40. The number of urea groups is 1. The molecule has 0 atom stereocenters. The summed E-state index contributed by atoms with van der Waals surface area (Å²) in [6, 6.07) is 3.00. The van der Waals surface area contributed by atoms with Gasteiger partial charge in [-0.25, -0.2) is 9.80 Å². The number of hydrogen-bond acceptors (Lipinski definition) is 4. The summed E-state index contributed by atoms with van der Waals surface area (Å²) in [5.41, 5.74) is 0.817. The van der Waals surface area contributed by atoms with E-state index < -0.39 is 6.03 Å². The van der Waals surface area contributed by atoms with Gasteiger partial charge in [0.25, 0.3) is 0 Å². The Labute approximate surface area is 85.6 Å². The molecule has 2 rings (SSSR count). The van der Waals surface area contributed by atoms with E-state index in [1.165, 1.54) is 6.21 Å². The standard InChI is InChI=1S/C9H8N4O2/c14-8-6-13(9(15)12-8)11-5-7-1-3-10-4-2-7/h1-5H,6H2,(H,12,14,15). The first-order chi connectivity index (χ1) is 7.25. The molecule has 0 spiro atoms. The van der Waals surface area contributed by atoms with Crippen molar-refractivity contribution in [3.63, 3.8) is 0 Å². The van der Waals surface area contributed by atoms with Crippen LogP contribution in [0.2, 0.25) is 0 Å². The number of imide groups is 1. The fourth-order valence-corrected chi connectivity index (χ4v) is 1.11. The van der Waals surface area contributed by atoms with Gasteiger partial charge in [-0.1, -0.05) is 0 Å². The van der Waals surface area contributed by atoms with Gasteiger partial charge < -0.3 is 0 Å². The third-order valence-electron chi connectivity index (χ3n) is 1.83. The third-order valence-corrected chi connectivity index (χ3v) is 1.83. The van der Waals surface area contributed by atoms with Crippen LogP contribution in [0, 0.1) is 0 Å². The molecule has 0 bridgehead atoms. The maximum Gasteiger partial charge on any atom is 0.344 e. The molecule has 1 saturated heterocycles. The molecule has 0 aliphatic carbocycles. The molecular weight excluding hydrogens is 196 g/mol. The van der Waals surface area contributed by atoms with Gasteiger partial charge in [0.1, 0.15) is 6.54 Å². The van der Waals surface area contributed by atoms with E-state index in [0.717, 1.165) is 10.6 Å². The van der Waals surface area contributed by atoms with Gasteiger partial charge in [0.15, 0.2) is 0 Å². The quantitative estimate of drug-likeness (QED) is 0.543. The summed E-state index contributed by atoms with van der Waals surface area (Å²) in [6.07, 6.45) is 4.74. The zero-order valence-corrected chi connectivity index (χ0v) is 7.75. The van der Waals surface area contributed by atoms with Crippen LogP contribution < -0.4 is 5.32 Å². The molecule has 1 aromatic heterocycles. The van der Waals surface area contributed by atoms with Crippen LogP contribution in [0.25, 0.3) is 0 Å². The topological polar surface area (TPSA) is 74.7 Å². The predicted octanol–water partition coefficient (Wildman–Crippen LogP) is -0.0327. The van der Waals surface area contributed by atoms with Crippen molar-refractivity contribution in [1.29, 1.82) is 0 Å². The van der Waals surface area contributed by atoms with Gasteiger partial charge in [-0.15, -0.1) is 0 Å². The van der Waals surface area contributed by atoms with Gasteiger partial charge in [-0.3, -0.25) is 15.1 Å². The molecule has 1 aliphatic heterocycles. The molecule has 3 amide bonds. The van der Waals surface area contributed by atoms with E-state index in [1.807, 2.05) is 0 Å². The molecule has 15 heavy (non-hydrogen) atoms. The van der Waals surface area contributed by atoms with Crippen LogP contribution >= 0.6 is 0 Å². The Morgan fingerprint density at radius 1 is 1.40 bits per heavy atom. The highest BCUT2D eigenvalue weighted by Crippen LogP contribution is 1.99. The molecule has 6 heteroatoms. The number of aromatic nitrogens is 1. The van der Waals surface area contributed by atoms with Crippen molar-refractivity contribution in [2.45, 2.75) is 0 Å². The fraction of sp³-hybridized carbons (Fsp3) is 0.111. The second-order valence-corrected chi connectivity index (χ2v) is 2.94. The van der Waals surface area contributed by atoms with E-state index in [4.69, 9.17) is 0 Å². The van der Waals surface area contributed by atoms with Gasteiger partial charge in [0.2, 0.25) is 5.91 Å². The minimum Gasteiger partial charge on any atom is -0.275 e. The summed E-state index contributed by atoms with van der Waals surface area (Å²) in [5.74, 6) is -0.341. The van der Waals surface area contributed by atoms with Gasteiger partial charge in [0, 0.05) is 12.4 Å². The summed E-state index contributed by atoms with van der Waals surface area (Å²) in [5, 5.41) is 7.07. The van der Waals surface area contributed by atoms with Gasteiger partial charge in [-0.05, 0) is 17.7 Å². The molecule has 0 aromatic carbocycles. The van der Waals surface area contributed by atoms with Crippen molar-refractivity contribution in [2.24, 2.45) is 5.10 Å². The normalized spacial score (nSPS) is 16.1. The Balaban J connectivity index is 2.06. The molecular formula is C9H8N4O2. The first kappa shape index (κ1) is 9.32. The van der Waals surface area contributed by atoms with Gasteiger partial charge in [0.05, 0.1) is 6.21 Å². The lowest BCUT2D eigenvalue weighted by atomic mass is 10.3. The molecule has 76 valence electrons. The number of hydrazone groups is 1. The number of nitrogens with zero attached hydrogens (tertiary/aromatic N) is 3. The van der Waals surface area contributed by atoms with Crippen LogP contribution in [-0.4, -0.2) is 34.7 Å². The number of carbonyl (C=O) groups excluding carboxylic acids is 2. The summed E-state index contributed by atoms with van der Waals surface area (Å²) >= 11 is 0. The minimum absolute atomic E-state index is 0.0274. The SMILES string of the molecule is O=C1CN(N=Cc2ccncc2)C(=O)N1. The highest BCUT2D eigenvalue weighted by Gasteiger charge is 2.25. The maximum absolute atomic E-state index is 11.1. The Morgan fingerprint density at radius 3 is 2.73 bits per heavy atom. The van der Waals surface area contributed by atoms with E-state index >= 15 is 0 Å². The fourth-order valence-electron chi connectivity index (χ4n) is 1.11. The molecule has 6 nitrogen and oxygen atoms in total. The predicted molar refractivity (Wildman–Crippen MR) is 52.1 cm³/mol. The summed E-state index contributed by atoms with van der Waals surface area (Å²) < 4.78 is 0. The molecule has 1 N–H and O–H groups in total. The number of rotatable bonds is 2. The van der Waals surface area contributed by atoms with Crippen LogP contribution in [0.3, 0.4) is 0 Å². The van der Waals surface area contributed by atoms with Crippen LogP contribution in [-0.2, 0) is 4.79 Å². The van der Waals surface area contributed by atoms with E-state index in [-0.39, 0.29) is 12.5 Å². The smallest absolute Gasteiger partial charge is 0.275 e. The zero-order chi connectivity index (χ0) is 10.7. The molecule has 2 heterocycles. The molecule has 0 saturated carbocycles. The Bertz CT molecular complexity index is 415. The number of carbonyl (C=O) groups is 2. The van der Waals surface area contributed by atoms with E-state index in [1.54, 1.807) is 24.5 Å². The van der Waals surface area contributed by atoms with Crippen molar-refractivity contribution >= 4 is 18.2 Å². The average molecular weight is 204 g/mol. The Hall–Kier alpha value is -2.24. The number of pyridine rings is 1. The first-order valence-corrected chi connectivity index (χ1v) is 4.31. The number of hydrogen-bond donors (Lipinski definition) is 1. The average Bonchev–Trinajstić information content (AvgIpc) is 2.56. The zero-order valence-electron chi connectivity index (χ0n) is 7.75. The van der Waals surface area contributed by atoms with Crippen LogP contribution in [0.15, 0.2) is 29.6 Å². The lowest BCUT2D eigenvalue weighted by Gasteiger charge is -2.03. The van der Waals surface area contributed by atoms with Gasteiger partial charge >= 0.3 is 6.03 Å². The van der Waals surface area contributed by atoms with Crippen molar-refractivity contribution in [3.05, 3.63) is 30.1 Å². The highest BCUT2D eigenvalue weighted by atomic mass is 16.2. The largest absolute Gasteiger partial charge is 0.344 e. The number of amides is 3. The summed E-state index contributed by atoms with van der Waals surface area (Å²) in [6.45, 7) is -0.0274. The van der Waals surface area contributed by atoms with Crippen molar-refractivity contribution in [2.75, 3.05) is 6.54 Å². The second-order valence-electron chi connectivity index (χ2n) is 2.94. The highest BCUT2D eigenvalue weighted by molar-refractivity contribution is 6.02. The van der Waals surface area contributed by atoms with Crippen LogP contribution in [0.1, 0.15) is 5.56 Å². The Morgan fingerprint density at radius 2 is 2.13 bits per heavy atom. The molecule has 0 unspecified atom stereocenters. The summed E-state index contributed by atoms with van der Waals surface area (Å²) in [7, 11) is 0. The van der Waals surface area contributed by atoms with Gasteiger partial charge in [-0.2, -0.15) is 5.10 Å². The van der Waals surface area contributed by atoms with Crippen LogP contribution in [0.4, 0.5) is 4.79 Å². The second kappa shape index (κ2) is 3.87.